The van der Waals surface area contributed by atoms with Gasteiger partial charge in [0.2, 0.25) is 6.19 Å². The van der Waals surface area contributed by atoms with Gasteiger partial charge in [0.1, 0.15) is 0 Å². The molecule has 0 aromatic carbocycles. The number of halogens is 1. The third-order valence-electron chi connectivity index (χ3n) is 1.54. The van der Waals surface area contributed by atoms with Gasteiger partial charge in [0, 0.05) is 11.5 Å². The standard InChI is InChI=1S/C7H10ClN3S/c8-5-7(10-6-9)11-12-3-1-2-4-12/h1-5H2. The highest BCUT2D eigenvalue weighted by molar-refractivity contribution is 7.87. The Kier molecular flexibility index (Phi) is 4.26. The van der Waals surface area contributed by atoms with Crippen molar-refractivity contribution in [1.82, 2.24) is 0 Å². The minimum Gasteiger partial charge on any atom is -0.210 e. The molecule has 66 valence electrons. The molecule has 1 fully saturated rings. The van der Waals surface area contributed by atoms with Crippen molar-refractivity contribution in [3.8, 4) is 6.19 Å². The summed E-state index contributed by atoms with van der Waals surface area (Å²) < 4.78 is 4.31. The Morgan fingerprint density at radius 3 is 2.67 bits per heavy atom. The molecule has 0 N–H and O–H groups in total. The average molecular weight is 204 g/mol. The van der Waals surface area contributed by atoms with Crippen molar-refractivity contribution in [2.45, 2.75) is 12.8 Å². The molecule has 5 heteroatoms. The Morgan fingerprint density at radius 1 is 1.50 bits per heavy atom. The Labute approximate surface area is 79.5 Å². The Morgan fingerprint density at radius 2 is 2.17 bits per heavy atom. The Hall–Kier alpha value is -0.400. The first-order valence-corrected chi connectivity index (χ1v) is 5.83. The van der Waals surface area contributed by atoms with Crippen LogP contribution in [0, 0.1) is 11.5 Å². The summed E-state index contributed by atoms with van der Waals surface area (Å²) >= 11 is 5.55. The second-order valence-corrected chi connectivity index (χ2v) is 4.62. The molecule has 1 heterocycles. The zero-order valence-electron chi connectivity index (χ0n) is 6.66. The SMILES string of the molecule is N#CN=C(CCl)N=S1CCCC1. The molecule has 0 amide bonds. The molecule has 0 saturated carbocycles. The minimum atomic E-state index is 0.0999. The second kappa shape index (κ2) is 5.28. The third-order valence-corrected chi connectivity index (χ3v) is 3.77. The summed E-state index contributed by atoms with van der Waals surface area (Å²) in [5.74, 6) is 3.02. The molecule has 0 aromatic rings. The van der Waals surface area contributed by atoms with E-state index in [0.717, 1.165) is 11.5 Å². The van der Waals surface area contributed by atoms with Gasteiger partial charge in [0.25, 0.3) is 0 Å². The van der Waals surface area contributed by atoms with Crippen molar-refractivity contribution < 1.29 is 0 Å². The quantitative estimate of drug-likeness (QED) is 0.277. The fourth-order valence-electron chi connectivity index (χ4n) is 1.01. The van der Waals surface area contributed by atoms with E-state index in [1.807, 2.05) is 0 Å². The molecule has 0 unspecified atom stereocenters. The van der Waals surface area contributed by atoms with Gasteiger partial charge in [-0.1, -0.05) is 10.7 Å². The van der Waals surface area contributed by atoms with Crippen molar-refractivity contribution in [3.63, 3.8) is 0 Å². The first-order chi connectivity index (χ1) is 5.86. The summed E-state index contributed by atoms with van der Waals surface area (Å²) in [6.45, 7) is 0. The number of hydrogen-bond donors (Lipinski definition) is 0. The molecule has 0 spiro atoms. The predicted octanol–water partition coefficient (Wildman–Crippen LogP) is 1.70. The summed E-state index contributed by atoms with van der Waals surface area (Å²) in [5, 5.41) is 8.29. The second-order valence-electron chi connectivity index (χ2n) is 2.43. The van der Waals surface area contributed by atoms with Crippen LogP contribution in [0.3, 0.4) is 0 Å². The molecule has 0 radical (unpaired) electrons. The van der Waals surface area contributed by atoms with Crippen LogP contribution >= 0.6 is 11.6 Å². The van der Waals surface area contributed by atoms with Crippen molar-refractivity contribution in [1.29, 1.82) is 5.26 Å². The third kappa shape index (κ3) is 2.92. The Bertz CT molecular complexity index is 246. The van der Waals surface area contributed by atoms with Crippen LogP contribution in [0.15, 0.2) is 9.36 Å². The van der Waals surface area contributed by atoms with Crippen molar-refractivity contribution in [2.24, 2.45) is 9.36 Å². The summed E-state index contributed by atoms with van der Waals surface area (Å²) in [4.78, 5) is 3.54. The molecule has 0 aromatic heterocycles. The van der Waals surface area contributed by atoms with Crippen LogP contribution in [-0.4, -0.2) is 23.2 Å². The number of nitrogens with zero attached hydrogens (tertiary/aromatic N) is 3. The molecular weight excluding hydrogens is 194 g/mol. The zero-order chi connectivity index (χ0) is 8.81. The van der Waals surface area contributed by atoms with E-state index in [0.29, 0.717) is 5.84 Å². The lowest BCUT2D eigenvalue weighted by Gasteiger charge is -1.95. The van der Waals surface area contributed by atoms with Gasteiger partial charge in [0.15, 0.2) is 5.84 Å². The summed E-state index contributed by atoms with van der Waals surface area (Å²) in [5.41, 5.74) is 0. The maximum atomic E-state index is 8.29. The maximum Gasteiger partial charge on any atom is 0.207 e. The number of alkyl halides is 1. The van der Waals surface area contributed by atoms with Crippen molar-refractivity contribution in [3.05, 3.63) is 0 Å². The van der Waals surface area contributed by atoms with Crippen LogP contribution < -0.4 is 0 Å². The lowest BCUT2D eigenvalue weighted by atomic mass is 10.4. The molecule has 0 bridgehead atoms. The van der Waals surface area contributed by atoms with Gasteiger partial charge in [-0.3, -0.25) is 0 Å². The molecule has 1 aliphatic heterocycles. The zero-order valence-corrected chi connectivity index (χ0v) is 8.24. The number of hydrogen-bond acceptors (Lipinski definition) is 2. The van der Waals surface area contributed by atoms with E-state index in [1.54, 1.807) is 6.19 Å². The van der Waals surface area contributed by atoms with Crippen molar-refractivity contribution in [2.75, 3.05) is 17.4 Å². The maximum absolute atomic E-state index is 8.29. The fourth-order valence-corrected chi connectivity index (χ4v) is 3.07. The van der Waals surface area contributed by atoms with Gasteiger partial charge < -0.3 is 0 Å². The lowest BCUT2D eigenvalue weighted by molar-refractivity contribution is 0.949. The van der Waals surface area contributed by atoms with Gasteiger partial charge in [-0.05, 0) is 12.8 Å². The van der Waals surface area contributed by atoms with Gasteiger partial charge in [0.05, 0.1) is 5.88 Å². The van der Waals surface area contributed by atoms with Crippen LogP contribution in [0.1, 0.15) is 12.8 Å². The molecule has 1 saturated heterocycles. The number of aliphatic imine (C=N–C) groups is 1. The molecule has 0 aliphatic carbocycles. The van der Waals surface area contributed by atoms with Crippen LogP contribution in [0.2, 0.25) is 0 Å². The summed E-state index contributed by atoms with van der Waals surface area (Å²) in [6.07, 6.45) is 4.20. The first-order valence-electron chi connectivity index (χ1n) is 3.78. The van der Waals surface area contributed by atoms with E-state index in [2.05, 4.69) is 9.36 Å². The monoisotopic (exact) mass is 203 g/mol. The van der Waals surface area contributed by atoms with E-state index in [-0.39, 0.29) is 16.6 Å². The predicted molar refractivity (Wildman–Crippen MR) is 52.5 cm³/mol. The fraction of sp³-hybridized carbons (Fsp3) is 0.714. The molecule has 1 aliphatic rings. The summed E-state index contributed by atoms with van der Waals surface area (Å²) in [7, 11) is 0.0999. The molecule has 3 nitrogen and oxygen atoms in total. The van der Waals surface area contributed by atoms with E-state index in [1.165, 1.54) is 12.8 Å². The largest absolute Gasteiger partial charge is 0.210 e. The highest BCUT2D eigenvalue weighted by Gasteiger charge is 2.07. The molecular formula is C7H10ClN3S. The van der Waals surface area contributed by atoms with E-state index in [4.69, 9.17) is 16.9 Å². The van der Waals surface area contributed by atoms with Gasteiger partial charge in [-0.25, -0.2) is 4.36 Å². The van der Waals surface area contributed by atoms with Crippen LogP contribution in [0.5, 0.6) is 0 Å². The van der Waals surface area contributed by atoms with Gasteiger partial charge >= 0.3 is 0 Å². The first kappa shape index (κ1) is 9.69. The van der Waals surface area contributed by atoms with E-state index in [9.17, 15) is 0 Å². The molecule has 12 heavy (non-hydrogen) atoms. The number of rotatable bonds is 1. The van der Waals surface area contributed by atoms with Gasteiger partial charge in [-0.2, -0.15) is 10.3 Å². The van der Waals surface area contributed by atoms with Crippen molar-refractivity contribution >= 4 is 28.1 Å². The number of nitriles is 1. The highest BCUT2D eigenvalue weighted by Crippen LogP contribution is 2.08. The normalized spacial score (nSPS) is 19.2. The minimum absolute atomic E-state index is 0.0999. The molecule has 0 atom stereocenters. The summed E-state index contributed by atoms with van der Waals surface area (Å²) in [6, 6.07) is 0. The molecule has 1 rings (SSSR count). The van der Waals surface area contributed by atoms with E-state index >= 15 is 0 Å². The van der Waals surface area contributed by atoms with Crippen LogP contribution in [-0.2, 0) is 10.7 Å². The average Bonchev–Trinajstić information content (AvgIpc) is 2.56. The van der Waals surface area contributed by atoms with E-state index < -0.39 is 0 Å². The smallest absolute Gasteiger partial charge is 0.207 e. The topological polar surface area (TPSA) is 48.5 Å². The highest BCUT2D eigenvalue weighted by atomic mass is 35.5. The Balaban J connectivity index is 2.63. The number of amidine groups is 1. The lowest BCUT2D eigenvalue weighted by Crippen LogP contribution is -2.00. The van der Waals surface area contributed by atoms with Crippen LogP contribution in [0.25, 0.3) is 0 Å². The van der Waals surface area contributed by atoms with Gasteiger partial charge in [-0.15, -0.1) is 11.6 Å². The van der Waals surface area contributed by atoms with Crippen LogP contribution in [0.4, 0.5) is 0 Å².